The van der Waals surface area contributed by atoms with Crippen LogP contribution in [0.2, 0.25) is 5.02 Å². The van der Waals surface area contributed by atoms with E-state index < -0.39 is 17.7 Å². The lowest BCUT2D eigenvalue weighted by atomic mass is 9.93. The van der Waals surface area contributed by atoms with E-state index >= 15 is 0 Å². The van der Waals surface area contributed by atoms with Crippen LogP contribution >= 0.6 is 11.6 Å². The van der Waals surface area contributed by atoms with Crippen LogP contribution < -0.4 is 0 Å². The smallest absolute Gasteiger partial charge is 0.295 e. The molecule has 0 aliphatic carbocycles. The standard InChI is InChI=1S/C25H21ClN2O3/c1-15-8-9-16(2)20(11-15)23(29)21-22(18-6-3-7-19(26)12-18)28(25(31)24(21)30)14-17-5-4-10-27-13-17/h3-13,22,29H,14H2,1-2H3/b23-21+. The second-order valence-corrected chi connectivity index (χ2v) is 8.10. The van der Waals surface area contributed by atoms with E-state index in [1.807, 2.05) is 38.1 Å². The molecule has 156 valence electrons. The quantitative estimate of drug-likeness (QED) is 0.359. The van der Waals surface area contributed by atoms with Gasteiger partial charge in [0.2, 0.25) is 0 Å². The van der Waals surface area contributed by atoms with Crippen LogP contribution in [0, 0.1) is 13.8 Å². The number of benzene rings is 2. The molecule has 5 nitrogen and oxygen atoms in total. The first kappa shape index (κ1) is 20.8. The van der Waals surface area contributed by atoms with E-state index in [0.717, 1.165) is 16.7 Å². The molecule has 1 unspecified atom stereocenters. The highest BCUT2D eigenvalue weighted by Crippen LogP contribution is 2.41. The number of hydrogen-bond acceptors (Lipinski definition) is 4. The molecule has 1 saturated heterocycles. The summed E-state index contributed by atoms with van der Waals surface area (Å²) in [5.41, 5.74) is 3.78. The van der Waals surface area contributed by atoms with Crippen LogP contribution in [0.3, 0.4) is 0 Å². The van der Waals surface area contributed by atoms with Gasteiger partial charge in [0, 0.05) is 29.5 Å². The van der Waals surface area contributed by atoms with E-state index in [-0.39, 0.29) is 17.9 Å². The van der Waals surface area contributed by atoms with Gasteiger partial charge in [0.05, 0.1) is 11.6 Å². The fourth-order valence-electron chi connectivity index (χ4n) is 3.89. The molecule has 3 aromatic rings. The van der Waals surface area contributed by atoms with Gasteiger partial charge in [-0.25, -0.2) is 0 Å². The van der Waals surface area contributed by atoms with Crippen molar-refractivity contribution in [3.8, 4) is 0 Å². The molecular weight excluding hydrogens is 412 g/mol. The SMILES string of the molecule is Cc1ccc(C)c(/C(O)=C2\C(=O)C(=O)N(Cc3cccnc3)C2c2cccc(Cl)c2)c1. The fourth-order valence-corrected chi connectivity index (χ4v) is 4.09. The van der Waals surface area contributed by atoms with Gasteiger partial charge >= 0.3 is 0 Å². The number of carbonyl (C=O) groups excluding carboxylic acids is 2. The van der Waals surface area contributed by atoms with Gasteiger partial charge in [0.25, 0.3) is 11.7 Å². The molecule has 31 heavy (non-hydrogen) atoms. The Bertz CT molecular complexity index is 1200. The van der Waals surface area contributed by atoms with Gasteiger partial charge in [0.15, 0.2) is 0 Å². The van der Waals surface area contributed by atoms with Crippen molar-refractivity contribution in [3.63, 3.8) is 0 Å². The molecule has 1 N–H and O–H groups in total. The minimum absolute atomic E-state index is 0.0601. The fraction of sp³-hybridized carbons (Fsp3) is 0.160. The average molecular weight is 433 g/mol. The van der Waals surface area contributed by atoms with Gasteiger partial charge in [-0.2, -0.15) is 0 Å². The Labute approximate surface area is 185 Å². The van der Waals surface area contributed by atoms with Crippen LogP contribution in [0.5, 0.6) is 0 Å². The predicted molar refractivity (Wildman–Crippen MR) is 119 cm³/mol. The van der Waals surface area contributed by atoms with Crippen molar-refractivity contribution in [1.29, 1.82) is 0 Å². The number of Topliss-reactive ketones (excluding diaryl/α,β-unsaturated/α-hetero) is 1. The van der Waals surface area contributed by atoms with Crippen LogP contribution in [0.4, 0.5) is 0 Å². The summed E-state index contributed by atoms with van der Waals surface area (Å²) in [6.07, 6.45) is 3.30. The van der Waals surface area contributed by atoms with Crippen molar-refractivity contribution in [1.82, 2.24) is 9.88 Å². The lowest BCUT2D eigenvalue weighted by Gasteiger charge is -2.25. The van der Waals surface area contributed by atoms with E-state index in [0.29, 0.717) is 16.1 Å². The Morgan fingerprint density at radius 1 is 1.10 bits per heavy atom. The van der Waals surface area contributed by atoms with E-state index in [2.05, 4.69) is 4.98 Å². The minimum atomic E-state index is -0.765. The highest BCUT2D eigenvalue weighted by Gasteiger charge is 2.46. The second-order valence-electron chi connectivity index (χ2n) is 7.66. The van der Waals surface area contributed by atoms with Gasteiger partial charge in [-0.05, 0) is 54.8 Å². The third-order valence-corrected chi connectivity index (χ3v) is 5.66. The third-order valence-electron chi connectivity index (χ3n) is 5.43. The molecule has 4 rings (SSSR count). The normalized spacial score (nSPS) is 17.9. The molecule has 0 radical (unpaired) electrons. The zero-order valence-corrected chi connectivity index (χ0v) is 17.9. The van der Waals surface area contributed by atoms with Gasteiger partial charge in [-0.3, -0.25) is 14.6 Å². The van der Waals surface area contributed by atoms with Crippen molar-refractivity contribution in [2.45, 2.75) is 26.4 Å². The third kappa shape index (κ3) is 3.97. The van der Waals surface area contributed by atoms with Crippen molar-refractivity contribution in [3.05, 3.63) is 105 Å². The van der Waals surface area contributed by atoms with Gasteiger partial charge in [0.1, 0.15) is 5.76 Å². The summed E-state index contributed by atoms with van der Waals surface area (Å²) >= 11 is 6.22. The summed E-state index contributed by atoms with van der Waals surface area (Å²) in [4.78, 5) is 31.7. The topological polar surface area (TPSA) is 70.5 Å². The number of nitrogens with zero attached hydrogens (tertiary/aromatic N) is 2. The monoisotopic (exact) mass is 432 g/mol. The highest BCUT2D eigenvalue weighted by atomic mass is 35.5. The highest BCUT2D eigenvalue weighted by molar-refractivity contribution is 6.46. The number of pyridine rings is 1. The average Bonchev–Trinajstić information content (AvgIpc) is 3.00. The van der Waals surface area contributed by atoms with Gasteiger partial charge in [-0.1, -0.05) is 47.5 Å². The lowest BCUT2D eigenvalue weighted by Crippen LogP contribution is -2.29. The van der Waals surface area contributed by atoms with E-state index in [1.54, 1.807) is 42.7 Å². The maximum Gasteiger partial charge on any atom is 0.295 e. The number of aromatic nitrogens is 1. The minimum Gasteiger partial charge on any atom is -0.507 e. The molecule has 2 heterocycles. The van der Waals surface area contributed by atoms with E-state index in [4.69, 9.17) is 11.6 Å². The molecule has 1 aliphatic rings. The van der Waals surface area contributed by atoms with Crippen LogP contribution in [0.25, 0.3) is 5.76 Å². The number of aliphatic hydroxyl groups is 1. The number of halogens is 1. The number of aliphatic hydroxyl groups excluding tert-OH is 1. The number of ketones is 1. The number of rotatable bonds is 4. The number of likely N-dealkylation sites (tertiary alicyclic amines) is 1. The van der Waals surface area contributed by atoms with Gasteiger partial charge < -0.3 is 10.0 Å². The first-order chi connectivity index (χ1) is 14.9. The van der Waals surface area contributed by atoms with Crippen molar-refractivity contribution in [2.24, 2.45) is 0 Å². The Morgan fingerprint density at radius 3 is 2.61 bits per heavy atom. The Balaban J connectivity index is 1.91. The van der Waals surface area contributed by atoms with E-state index in [1.165, 1.54) is 4.90 Å². The molecule has 1 aliphatic heterocycles. The summed E-state index contributed by atoms with van der Waals surface area (Å²) < 4.78 is 0. The first-order valence-electron chi connectivity index (χ1n) is 9.87. The lowest BCUT2D eigenvalue weighted by molar-refractivity contribution is -0.140. The Kier molecular flexibility index (Phi) is 5.61. The molecule has 0 bridgehead atoms. The summed E-state index contributed by atoms with van der Waals surface area (Å²) in [7, 11) is 0. The second kappa shape index (κ2) is 8.36. The molecule has 6 heteroatoms. The van der Waals surface area contributed by atoms with Crippen LogP contribution in [-0.2, 0) is 16.1 Å². The number of hydrogen-bond donors (Lipinski definition) is 1. The Hall–Kier alpha value is -3.44. The Morgan fingerprint density at radius 2 is 1.90 bits per heavy atom. The molecule has 0 spiro atoms. The molecule has 0 saturated carbocycles. The predicted octanol–water partition coefficient (Wildman–Crippen LogP) is 4.97. The van der Waals surface area contributed by atoms with Crippen molar-refractivity contribution in [2.75, 3.05) is 0 Å². The molecular formula is C25H21ClN2O3. The summed E-state index contributed by atoms with van der Waals surface area (Å²) in [6, 6.07) is 15.5. The molecule has 1 aromatic heterocycles. The van der Waals surface area contributed by atoms with Crippen LogP contribution in [0.1, 0.15) is 33.9 Å². The molecule has 1 amide bonds. The molecule has 2 aromatic carbocycles. The zero-order chi connectivity index (χ0) is 22.1. The van der Waals surface area contributed by atoms with Crippen LogP contribution in [-0.4, -0.2) is 26.7 Å². The zero-order valence-electron chi connectivity index (χ0n) is 17.2. The summed E-state index contributed by atoms with van der Waals surface area (Å²) in [6.45, 7) is 3.94. The van der Waals surface area contributed by atoms with Crippen molar-refractivity contribution < 1.29 is 14.7 Å². The number of aryl methyl sites for hydroxylation is 2. The number of amides is 1. The first-order valence-corrected chi connectivity index (χ1v) is 10.2. The van der Waals surface area contributed by atoms with Crippen LogP contribution in [0.15, 0.2) is 72.6 Å². The number of carbonyl (C=O) groups is 2. The summed E-state index contributed by atoms with van der Waals surface area (Å²) in [5.74, 6) is -1.56. The maximum absolute atomic E-state index is 13.1. The molecule has 1 fully saturated rings. The molecule has 1 atom stereocenters. The maximum atomic E-state index is 13.1. The van der Waals surface area contributed by atoms with E-state index in [9.17, 15) is 14.7 Å². The van der Waals surface area contributed by atoms with Crippen molar-refractivity contribution >= 4 is 29.1 Å². The largest absolute Gasteiger partial charge is 0.507 e. The summed E-state index contributed by atoms with van der Waals surface area (Å²) in [5, 5.41) is 11.7. The van der Waals surface area contributed by atoms with Gasteiger partial charge in [-0.15, -0.1) is 0 Å².